The number of carbonyl (C=O) groups excluding carboxylic acids is 1. The van der Waals surface area contributed by atoms with Gasteiger partial charge in [-0.15, -0.1) is 0 Å². The molecule has 0 aliphatic heterocycles. The predicted molar refractivity (Wildman–Crippen MR) is 70.1 cm³/mol. The normalized spacial score (nSPS) is 12.3. The van der Waals surface area contributed by atoms with Gasteiger partial charge < -0.3 is 15.8 Å². The predicted octanol–water partition coefficient (Wildman–Crippen LogP) is 1.22. The van der Waals surface area contributed by atoms with Crippen LogP contribution in [0.2, 0.25) is 0 Å². The fourth-order valence-electron chi connectivity index (χ4n) is 1.45. The summed E-state index contributed by atoms with van der Waals surface area (Å²) in [6.45, 7) is 6.08. The molecule has 0 saturated carbocycles. The number of hydrogen-bond acceptors (Lipinski definition) is 4. The van der Waals surface area contributed by atoms with Crippen molar-refractivity contribution in [2.24, 2.45) is 5.73 Å². The number of rotatable bonds is 6. The summed E-state index contributed by atoms with van der Waals surface area (Å²) in [4.78, 5) is 15.7. The van der Waals surface area contributed by atoms with Crippen molar-refractivity contribution in [2.45, 2.75) is 45.9 Å². The third-order valence-electron chi connectivity index (χ3n) is 2.18. The van der Waals surface area contributed by atoms with Crippen LogP contribution in [0.4, 0.5) is 0 Å². The van der Waals surface area contributed by atoms with Gasteiger partial charge in [0.2, 0.25) is 11.8 Å². The number of carbonyl (C=O) groups is 1. The minimum absolute atomic E-state index is 0.0541. The summed E-state index contributed by atoms with van der Waals surface area (Å²) in [6, 6.07) is 3.57. The Balaban J connectivity index is 2.58. The van der Waals surface area contributed by atoms with Crippen LogP contribution in [0, 0.1) is 0 Å². The van der Waals surface area contributed by atoms with Gasteiger partial charge in [-0.2, -0.15) is 0 Å². The zero-order valence-corrected chi connectivity index (χ0v) is 11.1. The molecule has 1 unspecified atom stereocenters. The van der Waals surface area contributed by atoms with E-state index in [0.29, 0.717) is 18.8 Å². The molecule has 3 N–H and O–H groups in total. The van der Waals surface area contributed by atoms with Gasteiger partial charge in [-0.3, -0.25) is 4.79 Å². The smallest absolute Gasteiger partial charge is 0.221 e. The average molecular weight is 251 g/mol. The van der Waals surface area contributed by atoms with Crippen molar-refractivity contribution in [2.75, 3.05) is 0 Å². The molecule has 0 aromatic carbocycles. The lowest BCUT2D eigenvalue weighted by Gasteiger charge is -2.13. The lowest BCUT2D eigenvalue weighted by Crippen LogP contribution is -2.29. The van der Waals surface area contributed by atoms with Gasteiger partial charge in [-0.05, 0) is 26.8 Å². The van der Waals surface area contributed by atoms with Gasteiger partial charge in [0.15, 0.2) is 0 Å². The standard InChI is InChI=1S/C13H21N3O2/c1-9(2)18-13-11(5-4-6-15-13)8-16-12(17)7-10(3)14/h4-6,9-10H,7-8,14H2,1-3H3,(H,16,17). The van der Waals surface area contributed by atoms with Crippen LogP contribution in [0.5, 0.6) is 5.88 Å². The van der Waals surface area contributed by atoms with E-state index in [-0.39, 0.29) is 18.1 Å². The molecule has 1 rings (SSSR count). The van der Waals surface area contributed by atoms with Crippen molar-refractivity contribution < 1.29 is 9.53 Å². The molecule has 100 valence electrons. The Kier molecular flexibility index (Phi) is 5.58. The van der Waals surface area contributed by atoms with E-state index in [0.717, 1.165) is 5.56 Å². The number of pyridine rings is 1. The Labute approximate surface area is 108 Å². The van der Waals surface area contributed by atoms with Gasteiger partial charge in [-0.1, -0.05) is 6.07 Å². The van der Waals surface area contributed by atoms with E-state index in [1.807, 2.05) is 26.0 Å². The first-order chi connectivity index (χ1) is 8.49. The van der Waals surface area contributed by atoms with Gasteiger partial charge in [0, 0.05) is 30.8 Å². The highest BCUT2D eigenvalue weighted by Crippen LogP contribution is 2.15. The van der Waals surface area contributed by atoms with Crippen LogP contribution >= 0.6 is 0 Å². The maximum absolute atomic E-state index is 11.5. The molecule has 0 bridgehead atoms. The van der Waals surface area contributed by atoms with Crippen molar-refractivity contribution >= 4 is 5.91 Å². The Morgan fingerprint density at radius 1 is 1.50 bits per heavy atom. The van der Waals surface area contributed by atoms with E-state index in [2.05, 4.69) is 10.3 Å². The van der Waals surface area contributed by atoms with E-state index >= 15 is 0 Å². The quantitative estimate of drug-likeness (QED) is 0.797. The number of amides is 1. The SMILES string of the molecule is CC(N)CC(=O)NCc1cccnc1OC(C)C. The molecule has 18 heavy (non-hydrogen) atoms. The minimum atomic E-state index is -0.134. The molecule has 1 heterocycles. The third-order valence-corrected chi connectivity index (χ3v) is 2.18. The van der Waals surface area contributed by atoms with Crippen molar-refractivity contribution in [1.29, 1.82) is 0 Å². The maximum Gasteiger partial charge on any atom is 0.221 e. The van der Waals surface area contributed by atoms with Crippen LogP contribution in [-0.2, 0) is 11.3 Å². The van der Waals surface area contributed by atoms with Crippen LogP contribution in [0.15, 0.2) is 18.3 Å². The highest BCUT2D eigenvalue weighted by molar-refractivity contribution is 5.76. The first-order valence-electron chi connectivity index (χ1n) is 6.12. The Bertz CT molecular complexity index is 392. The number of nitrogens with zero attached hydrogens (tertiary/aromatic N) is 1. The summed E-state index contributed by atoms with van der Waals surface area (Å²) in [6.07, 6.45) is 2.05. The van der Waals surface area contributed by atoms with E-state index in [9.17, 15) is 4.79 Å². The number of nitrogens with one attached hydrogen (secondary N) is 1. The molecular formula is C13H21N3O2. The summed E-state index contributed by atoms with van der Waals surface area (Å²) >= 11 is 0. The number of aromatic nitrogens is 1. The molecule has 0 radical (unpaired) electrons. The van der Waals surface area contributed by atoms with Crippen molar-refractivity contribution in [1.82, 2.24) is 10.3 Å². The summed E-state index contributed by atoms with van der Waals surface area (Å²) < 4.78 is 5.57. The molecule has 1 aromatic heterocycles. The van der Waals surface area contributed by atoms with Gasteiger partial charge in [-0.25, -0.2) is 4.98 Å². The van der Waals surface area contributed by atoms with E-state index in [1.165, 1.54) is 0 Å². The number of nitrogens with two attached hydrogens (primary N) is 1. The average Bonchev–Trinajstić information content (AvgIpc) is 2.26. The third kappa shape index (κ3) is 5.14. The zero-order valence-electron chi connectivity index (χ0n) is 11.1. The van der Waals surface area contributed by atoms with Crippen LogP contribution in [0.3, 0.4) is 0 Å². The van der Waals surface area contributed by atoms with E-state index in [1.54, 1.807) is 13.1 Å². The lowest BCUT2D eigenvalue weighted by atomic mass is 10.2. The molecule has 0 spiro atoms. The summed E-state index contributed by atoms with van der Waals surface area (Å²) in [5.74, 6) is 0.498. The minimum Gasteiger partial charge on any atom is -0.475 e. The molecule has 5 nitrogen and oxygen atoms in total. The topological polar surface area (TPSA) is 77.2 Å². The molecule has 0 aliphatic carbocycles. The molecule has 0 aliphatic rings. The number of hydrogen-bond donors (Lipinski definition) is 2. The lowest BCUT2D eigenvalue weighted by molar-refractivity contribution is -0.121. The van der Waals surface area contributed by atoms with Crippen LogP contribution in [0.25, 0.3) is 0 Å². The Morgan fingerprint density at radius 2 is 2.22 bits per heavy atom. The van der Waals surface area contributed by atoms with E-state index < -0.39 is 0 Å². The maximum atomic E-state index is 11.5. The molecule has 5 heteroatoms. The second-order valence-electron chi connectivity index (χ2n) is 4.59. The molecule has 1 amide bonds. The van der Waals surface area contributed by atoms with Crippen LogP contribution in [-0.4, -0.2) is 23.0 Å². The number of ether oxygens (including phenoxy) is 1. The van der Waals surface area contributed by atoms with Crippen LogP contribution < -0.4 is 15.8 Å². The van der Waals surface area contributed by atoms with Gasteiger partial charge >= 0.3 is 0 Å². The summed E-state index contributed by atoms with van der Waals surface area (Å²) in [5, 5.41) is 2.80. The van der Waals surface area contributed by atoms with Crippen molar-refractivity contribution in [3.05, 3.63) is 23.9 Å². The second-order valence-corrected chi connectivity index (χ2v) is 4.59. The monoisotopic (exact) mass is 251 g/mol. The summed E-state index contributed by atoms with van der Waals surface area (Å²) in [5.41, 5.74) is 6.43. The molecular weight excluding hydrogens is 230 g/mol. The largest absolute Gasteiger partial charge is 0.475 e. The highest BCUT2D eigenvalue weighted by atomic mass is 16.5. The van der Waals surface area contributed by atoms with Crippen molar-refractivity contribution in [3.63, 3.8) is 0 Å². The van der Waals surface area contributed by atoms with Crippen molar-refractivity contribution in [3.8, 4) is 5.88 Å². The van der Waals surface area contributed by atoms with E-state index in [4.69, 9.17) is 10.5 Å². The van der Waals surface area contributed by atoms with Gasteiger partial charge in [0.25, 0.3) is 0 Å². The first kappa shape index (κ1) is 14.4. The Hall–Kier alpha value is -1.62. The Morgan fingerprint density at radius 3 is 2.83 bits per heavy atom. The highest BCUT2D eigenvalue weighted by Gasteiger charge is 2.09. The first-order valence-corrected chi connectivity index (χ1v) is 6.12. The van der Waals surface area contributed by atoms with Gasteiger partial charge in [0.1, 0.15) is 0 Å². The zero-order chi connectivity index (χ0) is 13.5. The fraction of sp³-hybridized carbons (Fsp3) is 0.538. The molecule has 1 aromatic rings. The molecule has 0 fully saturated rings. The fourth-order valence-corrected chi connectivity index (χ4v) is 1.45. The molecule has 0 saturated heterocycles. The summed E-state index contributed by atoms with van der Waals surface area (Å²) in [7, 11) is 0. The van der Waals surface area contributed by atoms with Crippen LogP contribution in [0.1, 0.15) is 32.8 Å². The molecule has 1 atom stereocenters. The van der Waals surface area contributed by atoms with Gasteiger partial charge in [0.05, 0.1) is 6.10 Å². The second kappa shape index (κ2) is 6.96.